The number of rotatable bonds is 8. The van der Waals surface area contributed by atoms with E-state index in [1.54, 1.807) is 0 Å². The molecule has 0 radical (unpaired) electrons. The van der Waals surface area contributed by atoms with Crippen LogP contribution >= 0.6 is 0 Å². The summed E-state index contributed by atoms with van der Waals surface area (Å²) in [6, 6.07) is 8.21. The molecule has 1 saturated heterocycles. The van der Waals surface area contributed by atoms with Gasteiger partial charge in [0.2, 0.25) is 5.89 Å². The van der Waals surface area contributed by atoms with Crippen molar-refractivity contribution < 1.29 is 23.8 Å². The number of ether oxygens (including phenoxy) is 2. The van der Waals surface area contributed by atoms with Gasteiger partial charge in [0.15, 0.2) is 0 Å². The fourth-order valence-corrected chi connectivity index (χ4v) is 3.33. The lowest BCUT2D eigenvalue weighted by atomic mass is 10.0. The first-order chi connectivity index (χ1) is 13.4. The van der Waals surface area contributed by atoms with Gasteiger partial charge in [-0.1, -0.05) is 31.0 Å². The summed E-state index contributed by atoms with van der Waals surface area (Å²) in [4.78, 5) is 15.8. The maximum Gasteiger partial charge on any atom is 0.364 e. The van der Waals surface area contributed by atoms with E-state index in [9.17, 15) is 4.79 Å². The van der Waals surface area contributed by atoms with Crippen molar-refractivity contribution in [3.8, 4) is 11.5 Å². The standard InChI is InChI=1S/C22H29NO5/c1-4-19-18(23-20(28-19)17-11-9-15(2)10-12-17)8-6-5-7-16-13-26-22(3,21(24)25)27-14-16/h9-12,16H,4-8,13-14H2,1-3H3,(H,24,25)/t16-,22+. The third kappa shape index (κ3) is 4.80. The van der Waals surface area contributed by atoms with E-state index in [-0.39, 0.29) is 5.92 Å². The molecule has 1 fully saturated rings. The molecule has 0 aliphatic carbocycles. The second-order valence-corrected chi connectivity index (χ2v) is 7.59. The molecule has 0 unspecified atom stereocenters. The Morgan fingerprint density at radius 2 is 1.89 bits per heavy atom. The van der Waals surface area contributed by atoms with Gasteiger partial charge in [-0.05, 0) is 38.3 Å². The zero-order valence-corrected chi connectivity index (χ0v) is 16.9. The number of hydrogen-bond donors (Lipinski definition) is 1. The van der Waals surface area contributed by atoms with Crippen molar-refractivity contribution >= 4 is 5.97 Å². The minimum atomic E-state index is -1.50. The Kier molecular flexibility index (Phi) is 6.52. The van der Waals surface area contributed by atoms with Crippen molar-refractivity contribution in [1.29, 1.82) is 0 Å². The average molecular weight is 387 g/mol. The lowest BCUT2D eigenvalue weighted by Crippen LogP contribution is -2.47. The Hall–Kier alpha value is -2.18. The highest BCUT2D eigenvalue weighted by atomic mass is 16.7. The van der Waals surface area contributed by atoms with E-state index < -0.39 is 11.8 Å². The Balaban J connectivity index is 1.49. The van der Waals surface area contributed by atoms with Crippen molar-refractivity contribution in [2.24, 2.45) is 5.92 Å². The number of aryl methyl sites for hydroxylation is 3. The van der Waals surface area contributed by atoms with E-state index in [1.807, 2.05) is 12.1 Å². The van der Waals surface area contributed by atoms with E-state index in [0.717, 1.165) is 49.1 Å². The van der Waals surface area contributed by atoms with Gasteiger partial charge in [0, 0.05) is 24.8 Å². The number of carboxylic acid groups (broad SMARTS) is 1. The van der Waals surface area contributed by atoms with Gasteiger partial charge in [0.05, 0.1) is 18.9 Å². The molecule has 6 heteroatoms. The van der Waals surface area contributed by atoms with Gasteiger partial charge in [0.25, 0.3) is 5.79 Å². The van der Waals surface area contributed by atoms with Crippen LogP contribution < -0.4 is 0 Å². The molecule has 0 saturated carbocycles. The second-order valence-electron chi connectivity index (χ2n) is 7.59. The minimum absolute atomic E-state index is 0.235. The summed E-state index contributed by atoms with van der Waals surface area (Å²) in [5, 5.41) is 9.11. The molecule has 1 aliphatic rings. The topological polar surface area (TPSA) is 81.8 Å². The van der Waals surface area contributed by atoms with Crippen molar-refractivity contribution in [3.63, 3.8) is 0 Å². The number of unbranched alkanes of at least 4 members (excludes halogenated alkanes) is 1. The first-order valence-electron chi connectivity index (χ1n) is 9.98. The monoisotopic (exact) mass is 387 g/mol. The van der Waals surface area contributed by atoms with E-state index in [1.165, 1.54) is 12.5 Å². The van der Waals surface area contributed by atoms with Gasteiger partial charge in [0.1, 0.15) is 5.76 Å². The summed E-state index contributed by atoms with van der Waals surface area (Å²) in [6.07, 6.45) is 4.66. The summed E-state index contributed by atoms with van der Waals surface area (Å²) in [6.45, 7) is 6.44. The lowest BCUT2D eigenvalue weighted by molar-refractivity contribution is -0.271. The van der Waals surface area contributed by atoms with Crippen LogP contribution in [-0.2, 0) is 27.1 Å². The molecule has 6 nitrogen and oxygen atoms in total. The summed E-state index contributed by atoms with van der Waals surface area (Å²) < 4.78 is 16.8. The van der Waals surface area contributed by atoms with Crippen molar-refractivity contribution in [2.45, 2.75) is 58.7 Å². The van der Waals surface area contributed by atoms with Gasteiger partial charge in [-0.2, -0.15) is 0 Å². The molecular weight excluding hydrogens is 358 g/mol. The van der Waals surface area contributed by atoms with Crippen LogP contribution in [0.1, 0.15) is 50.1 Å². The van der Waals surface area contributed by atoms with Crippen molar-refractivity contribution in [3.05, 3.63) is 41.3 Å². The van der Waals surface area contributed by atoms with Crippen molar-refractivity contribution in [1.82, 2.24) is 4.98 Å². The number of nitrogens with zero attached hydrogens (tertiary/aromatic N) is 1. The third-order valence-electron chi connectivity index (χ3n) is 5.25. The molecule has 0 spiro atoms. The highest BCUT2D eigenvalue weighted by Crippen LogP contribution is 2.26. The van der Waals surface area contributed by atoms with Crippen LogP contribution in [0.5, 0.6) is 0 Å². The van der Waals surface area contributed by atoms with Gasteiger partial charge < -0.3 is 19.0 Å². The summed E-state index contributed by atoms with van der Waals surface area (Å²) in [7, 11) is 0. The largest absolute Gasteiger partial charge is 0.477 e. The normalized spacial score (nSPS) is 22.3. The zero-order chi connectivity index (χ0) is 20.1. The highest BCUT2D eigenvalue weighted by Gasteiger charge is 2.40. The van der Waals surface area contributed by atoms with E-state index in [2.05, 4.69) is 26.0 Å². The Morgan fingerprint density at radius 1 is 1.21 bits per heavy atom. The number of oxazole rings is 1. The molecule has 1 aromatic carbocycles. The van der Waals surface area contributed by atoms with E-state index in [0.29, 0.717) is 19.1 Å². The summed E-state index contributed by atoms with van der Waals surface area (Å²) in [5.74, 6) is -0.697. The first kappa shape index (κ1) is 20.6. The van der Waals surface area contributed by atoms with Crippen LogP contribution in [0.3, 0.4) is 0 Å². The number of hydrogen-bond acceptors (Lipinski definition) is 5. The van der Waals surface area contributed by atoms with E-state index >= 15 is 0 Å². The summed E-state index contributed by atoms with van der Waals surface area (Å²) in [5.41, 5.74) is 3.25. The van der Waals surface area contributed by atoms with Crippen LogP contribution in [0.15, 0.2) is 28.7 Å². The van der Waals surface area contributed by atoms with Crippen LogP contribution in [-0.4, -0.2) is 35.1 Å². The quantitative estimate of drug-likeness (QED) is 0.677. The molecule has 0 atom stereocenters. The van der Waals surface area contributed by atoms with Crippen LogP contribution in [0, 0.1) is 12.8 Å². The zero-order valence-electron chi connectivity index (χ0n) is 16.9. The number of aromatic nitrogens is 1. The van der Waals surface area contributed by atoms with Gasteiger partial charge in [-0.15, -0.1) is 0 Å². The molecule has 0 amide bonds. The third-order valence-corrected chi connectivity index (χ3v) is 5.25. The molecule has 1 N–H and O–H groups in total. The average Bonchev–Trinajstić information content (AvgIpc) is 3.10. The fourth-order valence-electron chi connectivity index (χ4n) is 3.33. The molecular formula is C22H29NO5. The SMILES string of the molecule is CCc1oc(-c2ccc(C)cc2)nc1CCCC[C@H]1CO[C@@](C)(C(=O)O)OC1. The highest BCUT2D eigenvalue weighted by molar-refractivity contribution is 5.75. The number of benzene rings is 1. The molecule has 0 bridgehead atoms. The molecule has 28 heavy (non-hydrogen) atoms. The van der Waals surface area contributed by atoms with E-state index in [4.69, 9.17) is 24.0 Å². The molecule has 3 rings (SSSR count). The maximum atomic E-state index is 11.1. The maximum absolute atomic E-state index is 11.1. The minimum Gasteiger partial charge on any atom is -0.477 e. The smallest absolute Gasteiger partial charge is 0.364 e. The molecule has 1 aliphatic heterocycles. The van der Waals surface area contributed by atoms with Gasteiger partial charge >= 0.3 is 5.97 Å². The number of carbonyl (C=O) groups is 1. The predicted octanol–water partition coefficient (Wildman–Crippen LogP) is 4.39. The Bertz CT molecular complexity index is 788. The number of carboxylic acids is 1. The van der Waals surface area contributed by atoms with Crippen LogP contribution in [0.4, 0.5) is 0 Å². The van der Waals surface area contributed by atoms with Crippen LogP contribution in [0.25, 0.3) is 11.5 Å². The molecule has 152 valence electrons. The van der Waals surface area contributed by atoms with Crippen LogP contribution in [0.2, 0.25) is 0 Å². The predicted molar refractivity (Wildman–Crippen MR) is 105 cm³/mol. The van der Waals surface area contributed by atoms with Crippen molar-refractivity contribution in [2.75, 3.05) is 13.2 Å². The lowest BCUT2D eigenvalue weighted by Gasteiger charge is -2.34. The molecule has 2 aromatic rings. The molecule has 1 aromatic heterocycles. The van der Waals surface area contributed by atoms with Gasteiger partial charge in [-0.3, -0.25) is 0 Å². The Morgan fingerprint density at radius 3 is 2.50 bits per heavy atom. The number of aliphatic carboxylic acids is 1. The summed E-state index contributed by atoms with van der Waals surface area (Å²) >= 11 is 0. The molecule has 2 heterocycles. The second kappa shape index (κ2) is 8.88. The first-order valence-corrected chi connectivity index (χ1v) is 9.98. The fraction of sp³-hybridized carbons (Fsp3) is 0.545. The Labute approximate surface area is 165 Å². The van der Waals surface area contributed by atoms with Gasteiger partial charge in [-0.25, -0.2) is 9.78 Å².